The van der Waals surface area contributed by atoms with Crippen molar-refractivity contribution in [3.8, 4) is 5.75 Å². The zero-order valence-corrected chi connectivity index (χ0v) is 20.3. The second-order valence-corrected chi connectivity index (χ2v) is 10.1. The van der Waals surface area contributed by atoms with Gasteiger partial charge in [0.2, 0.25) is 5.91 Å². The number of anilines is 1. The van der Waals surface area contributed by atoms with Crippen molar-refractivity contribution in [3.05, 3.63) is 52.2 Å². The van der Waals surface area contributed by atoms with Crippen LogP contribution >= 0.6 is 15.9 Å². The van der Waals surface area contributed by atoms with Gasteiger partial charge in [0, 0.05) is 29.9 Å². The topological polar surface area (TPSA) is 95.1 Å². The summed E-state index contributed by atoms with van der Waals surface area (Å²) in [5.74, 6) is 1.96. The largest absolute Gasteiger partial charge is 0.488 e. The van der Waals surface area contributed by atoms with E-state index in [1.165, 1.54) is 0 Å². The van der Waals surface area contributed by atoms with Gasteiger partial charge in [-0.1, -0.05) is 5.16 Å². The number of hydrogen-bond donors (Lipinski definition) is 1. The zero-order chi connectivity index (χ0) is 22.9. The predicted molar refractivity (Wildman–Crippen MR) is 124 cm³/mol. The summed E-state index contributed by atoms with van der Waals surface area (Å²) < 4.78 is 14.3. The molecular formula is C23H28BrN5O3. The molecule has 1 saturated carbocycles. The molecule has 2 atom stereocenters. The molecule has 3 aromatic heterocycles. The molecule has 1 N–H and O–H groups in total. The van der Waals surface area contributed by atoms with Gasteiger partial charge in [-0.05, 0) is 69.0 Å². The van der Waals surface area contributed by atoms with Crippen LogP contribution in [0.3, 0.4) is 0 Å². The molecule has 3 heterocycles. The lowest BCUT2D eigenvalue weighted by molar-refractivity contribution is -0.115. The average Bonchev–Trinajstić information content (AvgIpc) is 3.43. The summed E-state index contributed by atoms with van der Waals surface area (Å²) in [7, 11) is 0. The van der Waals surface area contributed by atoms with Gasteiger partial charge >= 0.3 is 0 Å². The van der Waals surface area contributed by atoms with Crippen LogP contribution in [0.2, 0.25) is 0 Å². The number of rotatable bonds is 6. The van der Waals surface area contributed by atoms with Crippen molar-refractivity contribution >= 4 is 27.7 Å². The molecule has 32 heavy (non-hydrogen) atoms. The van der Waals surface area contributed by atoms with E-state index in [0.717, 1.165) is 40.9 Å². The third kappa shape index (κ3) is 5.20. The number of nitrogens with one attached hydrogen (secondary N) is 1. The van der Waals surface area contributed by atoms with Crippen molar-refractivity contribution in [3.63, 3.8) is 0 Å². The van der Waals surface area contributed by atoms with Crippen molar-refractivity contribution in [1.82, 2.24) is 19.9 Å². The SMILES string of the molecule is Cc1cc(CC(=O)Nc2cc([C@H]3CC[C@@H](Oc4cnccc4Br)C3)n(C(C)(C)C)n2)on1. The molecule has 0 bridgehead atoms. The Balaban J connectivity index is 1.47. The molecule has 0 unspecified atom stereocenters. The van der Waals surface area contributed by atoms with Crippen LogP contribution in [0, 0.1) is 6.92 Å². The minimum Gasteiger partial charge on any atom is -0.488 e. The number of aromatic nitrogens is 4. The number of ether oxygens (including phenoxy) is 1. The van der Waals surface area contributed by atoms with Gasteiger partial charge < -0.3 is 14.6 Å². The summed E-state index contributed by atoms with van der Waals surface area (Å²) in [6.45, 7) is 8.17. The first kappa shape index (κ1) is 22.5. The van der Waals surface area contributed by atoms with Gasteiger partial charge in [-0.3, -0.25) is 14.5 Å². The Kier molecular flexibility index (Phi) is 6.37. The van der Waals surface area contributed by atoms with Crippen molar-refractivity contribution in [2.75, 3.05) is 5.32 Å². The lowest BCUT2D eigenvalue weighted by Crippen LogP contribution is -2.26. The summed E-state index contributed by atoms with van der Waals surface area (Å²) >= 11 is 3.52. The molecule has 3 aromatic rings. The first-order valence-electron chi connectivity index (χ1n) is 10.8. The number of aryl methyl sites for hydroxylation is 1. The van der Waals surface area contributed by atoms with E-state index >= 15 is 0 Å². The fraction of sp³-hybridized carbons (Fsp3) is 0.478. The monoisotopic (exact) mass is 501 g/mol. The highest BCUT2D eigenvalue weighted by Crippen LogP contribution is 2.39. The molecule has 1 fully saturated rings. The van der Waals surface area contributed by atoms with Crippen molar-refractivity contribution < 1.29 is 14.1 Å². The van der Waals surface area contributed by atoms with E-state index in [2.05, 4.69) is 52.2 Å². The van der Waals surface area contributed by atoms with E-state index in [1.54, 1.807) is 18.5 Å². The number of nitrogens with zero attached hydrogens (tertiary/aromatic N) is 4. The summed E-state index contributed by atoms with van der Waals surface area (Å²) in [6, 6.07) is 5.63. The maximum absolute atomic E-state index is 12.5. The van der Waals surface area contributed by atoms with Gasteiger partial charge in [-0.25, -0.2) is 0 Å². The normalized spacial score (nSPS) is 18.7. The Morgan fingerprint density at radius 3 is 2.84 bits per heavy atom. The molecule has 170 valence electrons. The summed E-state index contributed by atoms with van der Waals surface area (Å²) in [6.07, 6.45) is 6.53. The number of halogens is 1. The quantitative estimate of drug-likeness (QED) is 0.511. The standard InChI is InChI=1S/C23H28BrN5O3/c1-14-9-17(32-28-14)11-22(30)26-21-12-19(29(27-21)23(2,3)4)15-5-6-16(10-15)31-20-13-25-8-7-18(20)24/h7-9,12-13,15-16H,5-6,10-11H2,1-4H3,(H,26,27,30)/t15-,16+/m0/s1. The van der Waals surface area contributed by atoms with Crippen molar-refractivity contribution in [2.24, 2.45) is 0 Å². The Labute approximate surface area is 195 Å². The fourth-order valence-corrected chi connectivity index (χ4v) is 4.39. The van der Waals surface area contributed by atoms with Gasteiger partial charge in [0.15, 0.2) is 11.6 Å². The van der Waals surface area contributed by atoms with E-state index in [1.807, 2.05) is 23.7 Å². The minimum absolute atomic E-state index is 0.108. The number of carbonyl (C=O) groups is 1. The summed E-state index contributed by atoms with van der Waals surface area (Å²) in [5.41, 5.74) is 1.65. The molecule has 4 rings (SSSR count). The lowest BCUT2D eigenvalue weighted by atomic mass is 10.0. The van der Waals surface area contributed by atoms with E-state index in [9.17, 15) is 4.79 Å². The van der Waals surface area contributed by atoms with Crippen LogP contribution in [0.4, 0.5) is 5.82 Å². The molecule has 0 radical (unpaired) electrons. The van der Waals surface area contributed by atoms with Crippen molar-refractivity contribution in [1.29, 1.82) is 0 Å². The highest BCUT2D eigenvalue weighted by atomic mass is 79.9. The number of amides is 1. The van der Waals surface area contributed by atoms with Crippen LogP contribution < -0.4 is 10.1 Å². The van der Waals surface area contributed by atoms with Crippen LogP contribution in [0.25, 0.3) is 0 Å². The molecule has 9 heteroatoms. The summed E-state index contributed by atoms with van der Waals surface area (Å²) in [5, 5.41) is 11.5. The Bertz CT molecular complexity index is 1100. The Morgan fingerprint density at radius 1 is 1.34 bits per heavy atom. The molecule has 1 amide bonds. The first-order valence-corrected chi connectivity index (χ1v) is 11.6. The van der Waals surface area contributed by atoms with Gasteiger partial charge in [0.05, 0.1) is 34.4 Å². The molecule has 8 nitrogen and oxygen atoms in total. The first-order chi connectivity index (χ1) is 15.2. The molecule has 1 aliphatic rings. The number of carbonyl (C=O) groups excluding carboxylic acids is 1. The zero-order valence-electron chi connectivity index (χ0n) is 18.8. The number of hydrogen-bond acceptors (Lipinski definition) is 6. The second kappa shape index (κ2) is 9.05. The van der Waals surface area contributed by atoms with Crippen LogP contribution in [-0.2, 0) is 16.8 Å². The number of pyridine rings is 1. The van der Waals surface area contributed by atoms with Gasteiger partial charge in [0.1, 0.15) is 5.76 Å². The van der Waals surface area contributed by atoms with Gasteiger partial charge in [-0.2, -0.15) is 5.10 Å². The van der Waals surface area contributed by atoms with Crippen LogP contribution in [-0.4, -0.2) is 31.9 Å². The fourth-order valence-electron chi connectivity index (χ4n) is 4.07. The molecule has 1 aliphatic carbocycles. The van der Waals surface area contributed by atoms with E-state index in [0.29, 0.717) is 17.5 Å². The third-order valence-corrected chi connectivity index (χ3v) is 6.14. The predicted octanol–water partition coefficient (Wildman–Crippen LogP) is 4.99. The molecule has 0 spiro atoms. The van der Waals surface area contributed by atoms with Crippen LogP contribution in [0.15, 0.2) is 39.6 Å². The molecule has 0 saturated heterocycles. The highest BCUT2D eigenvalue weighted by Gasteiger charge is 2.33. The Morgan fingerprint density at radius 2 is 2.16 bits per heavy atom. The average molecular weight is 502 g/mol. The molecular weight excluding hydrogens is 474 g/mol. The third-order valence-electron chi connectivity index (χ3n) is 5.48. The van der Waals surface area contributed by atoms with Gasteiger partial charge in [0.25, 0.3) is 0 Å². The minimum atomic E-state index is -0.217. The van der Waals surface area contributed by atoms with Gasteiger partial charge in [-0.15, -0.1) is 0 Å². The summed E-state index contributed by atoms with van der Waals surface area (Å²) in [4.78, 5) is 16.6. The van der Waals surface area contributed by atoms with Crippen LogP contribution in [0.5, 0.6) is 5.75 Å². The molecule has 0 aliphatic heterocycles. The smallest absolute Gasteiger partial charge is 0.233 e. The van der Waals surface area contributed by atoms with E-state index in [4.69, 9.17) is 14.4 Å². The van der Waals surface area contributed by atoms with Crippen LogP contribution in [0.1, 0.15) is 63.1 Å². The van der Waals surface area contributed by atoms with Crippen molar-refractivity contribution in [2.45, 2.75) is 70.9 Å². The van der Waals surface area contributed by atoms with E-state index < -0.39 is 0 Å². The highest BCUT2D eigenvalue weighted by molar-refractivity contribution is 9.10. The maximum atomic E-state index is 12.5. The lowest BCUT2D eigenvalue weighted by Gasteiger charge is -2.24. The molecule has 0 aromatic carbocycles. The maximum Gasteiger partial charge on any atom is 0.233 e. The Hall–Kier alpha value is -2.68. The second-order valence-electron chi connectivity index (χ2n) is 9.25. The van der Waals surface area contributed by atoms with E-state index in [-0.39, 0.29) is 24.0 Å².